The van der Waals surface area contributed by atoms with Gasteiger partial charge in [0.15, 0.2) is 0 Å². The van der Waals surface area contributed by atoms with Crippen LogP contribution in [0.15, 0.2) is 12.5 Å². The summed E-state index contributed by atoms with van der Waals surface area (Å²) in [6, 6.07) is 1.12. The fourth-order valence-corrected chi connectivity index (χ4v) is 4.34. The number of thiazole rings is 1. The highest BCUT2D eigenvalue weighted by Crippen LogP contribution is 2.41. The molecule has 4 rings (SSSR count). The second-order valence-electron chi connectivity index (χ2n) is 6.14. The Morgan fingerprint density at radius 3 is 3.10 bits per heavy atom. The summed E-state index contributed by atoms with van der Waals surface area (Å²) in [4.78, 5) is 10.8. The van der Waals surface area contributed by atoms with Gasteiger partial charge < -0.3 is 9.88 Å². The average Bonchev–Trinajstić information content (AvgIpc) is 3.07. The number of aryl methyl sites for hydroxylation is 1. The van der Waals surface area contributed by atoms with Gasteiger partial charge in [0.1, 0.15) is 5.01 Å². The normalized spacial score (nSPS) is 21.5. The number of hydrogen-bond donors (Lipinski definition) is 1. The molecule has 2 aromatic rings. The van der Waals surface area contributed by atoms with Gasteiger partial charge in [-0.05, 0) is 45.1 Å². The minimum absolute atomic E-state index is 0.455. The minimum atomic E-state index is 0.455. The van der Waals surface area contributed by atoms with Crippen molar-refractivity contribution in [3.05, 3.63) is 23.1 Å². The third-order valence-electron chi connectivity index (χ3n) is 4.42. The Kier molecular flexibility index (Phi) is 3.55. The zero-order valence-corrected chi connectivity index (χ0v) is 13.3. The molecule has 2 aliphatic rings. The first-order valence-electron chi connectivity index (χ1n) is 8.12. The Labute approximate surface area is 129 Å². The molecule has 5 heteroatoms. The van der Waals surface area contributed by atoms with Gasteiger partial charge >= 0.3 is 0 Å². The van der Waals surface area contributed by atoms with Crippen molar-refractivity contribution in [1.82, 2.24) is 19.9 Å². The van der Waals surface area contributed by atoms with E-state index in [9.17, 15) is 0 Å². The van der Waals surface area contributed by atoms with E-state index < -0.39 is 0 Å². The summed E-state index contributed by atoms with van der Waals surface area (Å²) in [5.74, 6) is 0. The van der Waals surface area contributed by atoms with Gasteiger partial charge in [0.2, 0.25) is 0 Å². The number of aromatic nitrogens is 3. The van der Waals surface area contributed by atoms with Crippen LogP contribution in [0.25, 0.3) is 10.7 Å². The van der Waals surface area contributed by atoms with E-state index in [1.165, 1.54) is 54.8 Å². The molecule has 0 saturated heterocycles. The lowest BCUT2D eigenvalue weighted by atomic mass is 9.97. The van der Waals surface area contributed by atoms with Crippen molar-refractivity contribution in [3.8, 4) is 10.7 Å². The maximum atomic E-state index is 4.99. The predicted octanol–water partition coefficient (Wildman–Crippen LogP) is 3.72. The van der Waals surface area contributed by atoms with Gasteiger partial charge in [-0.15, -0.1) is 11.3 Å². The SMILES string of the molecule is CCCNC1CCCc2sc(-c3cncn3C3CC3)nc21. The summed E-state index contributed by atoms with van der Waals surface area (Å²) in [5, 5.41) is 4.82. The molecule has 2 heterocycles. The van der Waals surface area contributed by atoms with Crippen LogP contribution in [0.3, 0.4) is 0 Å². The largest absolute Gasteiger partial charge is 0.326 e. The van der Waals surface area contributed by atoms with Crippen LogP contribution in [0.5, 0.6) is 0 Å². The van der Waals surface area contributed by atoms with Gasteiger partial charge in [0.05, 0.1) is 30.0 Å². The number of nitrogens with zero attached hydrogens (tertiary/aromatic N) is 3. The van der Waals surface area contributed by atoms with Crippen molar-refractivity contribution in [2.24, 2.45) is 0 Å². The molecule has 1 unspecified atom stereocenters. The van der Waals surface area contributed by atoms with Crippen molar-refractivity contribution in [2.45, 2.75) is 57.5 Å². The quantitative estimate of drug-likeness (QED) is 0.915. The molecular formula is C16H22N4S. The molecule has 0 radical (unpaired) electrons. The number of hydrogen-bond acceptors (Lipinski definition) is 4. The Balaban J connectivity index is 1.65. The number of imidazole rings is 1. The zero-order chi connectivity index (χ0) is 14.2. The molecule has 2 aromatic heterocycles. The first-order valence-corrected chi connectivity index (χ1v) is 8.93. The molecule has 1 saturated carbocycles. The van der Waals surface area contributed by atoms with E-state index in [2.05, 4.69) is 21.8 Å². The van der Waals surface area contributed by atoms with E-state index >= 15 is 0 Å². The molecule has 4 nitrogen and oxygen atoms in total. The molecular weight excluding hydrogens is 280 g/mol. The Bertz CT molecular complexity index is 626. The van der Waals surface area contributed by atoms with Crippen molar-refractivity contribution in [1.29, 1.82) is 0 Å². The monoisotopic (exact) mass is 302 g/mol. The summed E-state index contributed by atoms with van der Waals surface area (Å²) in [7, 11) is 0. The fourth-order valence-electron chi connectivity index (χ4n) is 3.16. The first-order chi connectivity index (χ1) is 10.4. The van der Waals surface area contributed by atoms with E-state index in [0.717, 1.165) is 11.6 Å². The lowest BCUT2D eigenvalue weighted by Gasteiger charge is -2.22. The van der Waals surface area contributed by atoms with E-state index in [1.807, 2.05) is 23.9 Å². The molecule has 1 fully saturated rings. The zero-order valence-electron chi connectivity index (χ0n) is 12.5. The fraction of sp³-hybridized carbons (Fsp3) is 0.625. The van der Waals surface area contributed by atoms with Gasteiger partial charge in [-0.2, -0.15) is 0 Å². The number of fused-ring (bicyclic) bond motifs is 1. The topological polar surface area (TPSA) is 42.7 Å². The van der Waals surface area contributed by atoms with Crippen LogP contribution in [-0.2, 0) is 6.42 Å². The molecule has 0 bridgehead atoms. The second kappa shape index (κ2) is 5.54. The van der Waals surface area contributed by atoms with Crippen LogP contribution >= 0.6 is 11.3 Å². The standard InChI is InChI=1S/C16H22N4S/c1-2-8-18-12-4-3-5-14-15(12)19-16(21-14)13-9-17-10-20(13)11-6-7-11/h9-12,18H,2-8H2,1H3. The number of rotatable bonds is 5. The highest BCUT2D eigenvalue weighted by Gasteiger charge is 2.29. The van der Waals surface area contributed by atoms with Crippen molar-refractivity contribution < 1.29 is 0 Å². The summed E-state index contributed by atoms with van der Waals surface area (Å²) in [6.07, 6.45) is 11.4. The third-order valence-corrected chi connectivity index (χ3v) is 5.57. The van der Waals surface area contributed by atoms with Crippen LogP contribution in [0.4, 0.5) is 0 Å². The molecule has 0 spiro atoms. The molecule has 2 aliphatic carbocycles. The second-order valence-corrected chi connectivity index (χ2v) is 7.23. The van der Waals surface area contributed by atoms with Gasteiger partial charge in [0, 0.05) is 10.9 Å². The van der Waals surface area contributed by atoms with E-state index in [1.54, 1.807) is 0 Å². The van der Waals surface area contributed by atoms with Crippen LogP contribution in [-0.4, -0.2) is 21.1 Å². The molecule has 1 atom stereocenters. The van der Waals surface area contributed by atoms with Gasteiger partial charge in [0.25, 0.3) is 0 Å². The Morgan fingerprint density at radius 1 is 1.38 bits per heavy atom. The van der Waals surface area contributed by atoms with E-state index in [0.29, 0.717) is 12.1 Å². The maximum Gasteiger partial charge on any atom is 0.142 e. The lowest BCUT2D eigenvalue weighted by molar-refractivity contribution is 0.454. The maximum absolute atomic E-state index is 4.99. The summed E-state index contributed by atoms with van der Waals surface area (Å²) in [6.45, 7) is 3.30. The lowest BCUT2D eigenvalue weighted by Crippen LogP contribution is -2.25. The molecule has 21 heavy (non-hydrogen) atoms. The van der Waals surface area contributed by atoms with Crippen LogP contribution < -0.4 is 5.32 Å². The van der Waals surface area contributed by atoms with Gasteiger partial charge in [-0.3, -0.25) is 0 Å². The van der Waals surface area contributed by atoms with Gasteiger partial charge in [-0.25, -0.2) is 9.97 Å². The molecule has 0 aromatic carbocycles. The highest BCUT2D eigenvalue weighted by molar-refractivity contribution is 7.15. The van der Waals surface area contributed by atoms with Crippen molar-refractivity contribution >= 4 is 11.3 Å². The summed E-state index contributed by atoms with van der Waals surface area (Å²) >= 11 is 1.88. The third kappa shape index (κ3) is 2.53. The number of nitrogens with one attached hydrogen (secondary N) is 1. The van der Waals surface area contributed by atoms with E-state index in [4.69, 9.17) is 4.98 Å². The molecule has 0 aliphatic heterocycles. The Morgan fingerprint density at radius 2 is 2.29 bits per heavy atom. The van der Waals surface area contributed by atoms with Crippen molar-refractivity contribution in [2.75, 3.05) is 6.54 Å². The summed E-state index contributed by atoms with van der Waals surface area (Å²) in [5.41, 5.74) is 2.52. The van der Waals surface area contributed by atoms with Crippen LogP contribution in [0.1, 0.15) is 61.7 Å². The molecule has 1 N–H and O–H groups in total. The Hall–Kier alpha value is -1.20. The van der Waals surface area contributed by atoms with Crippen LogP contribution in [0.2, 0.25) is 0 Å². The van der Waals surface area contributed by atoms with Crippen molar-refractivity contribution in [3.63, 3.8) is 0 Å². The molecule has 112 valence electrons. The van der Waals surface area contributed by atoms with E-state index in [-0.39, 0.29) is 0 Å². The van der Waals surface area contributed by atoms with Gasteiger partial charge in [-0.1, -0.05) is 6.92 Å². The minimum Gasteiger partial charge on any atom is -0.326 e. The average molecular weight is 302 g/mol. The smallest absolute Gasteiger partial charge is 0.142 e. The summed E-state index contributed by atoms with van der Waals surface area (Å²) < 4.78 is 2.32. The highest BCUT2D eigenvalue weighted by atomic mass is 32.1. The van der Waals surface area contributed by atoms with Crippen LogP contribution in [0, 0.1) is 0 Å². The first kappa shape index (κ1) is 13.5. The molecule has 0 amide bonds. The predicted molar refractivity (Wildman–Crippen MR) is 85.6 cm³/mol.